The maximum absolute atomic E-state index is 12.8. The Balaban J connectivity index is 1.50. The highest BCUT2D eigenvalue weighted by molar-refractivity contribution is 6.00. The first kappa shape index (κ1) is 21.6. The molecule has 1 aliphatic carbocycles. The Morgan fingerprint density at radius 3 is 2.24 bits per heavy atom. The van der Waals surface area contributed by atoms with Gasteiger partial charge in [-0.15, -0.1) is 0 Å². The van der Waals surface area contributed by atoms with Crippen molar-refractivity contribution in [2.45, 2.75) is 19.8 Å². The van der Waals surface area contributed by atoms with Crippen LogP contribution in [0.5, 0.6) is 0 Å². The molecule has 37 heavy (non-hydrogen) atoms. The van der Waals surface area contributed by atoms with E-state index in [-0.39, 0.29) is 5.43 Å². The van der Waals surface area contributed by atoms with Crippen molar-refractivity contribution in [1.29, 1.82) is 0 Å². The summed E-state index contributed by atoms with van der Waals surface area (Å²) in [5.41, 5.74) is 10.3. The summed E-state index contributed by atoms with van der Waals surface area (Å²) in [5.74, 6) is 0.626. The number of aromatic nitrogens is 1. The topological polar surface area (TPSA) is 35.1 Å². The van der Waals surface area contributed by atoms with Crippen molar-refractivity contribution >= 4 is 33.5 Å². The molecular formula is C34H25NO2. The molecule has 0 N–H and O–H groups in total. The highest BCUT2D eigenvalue weighted by atomic mass is 16.3. The van der Waals surface area contributed by atoms with Gasteiger partial charge in [-0.25, -0.2) is 0 Å². The van der Waals surface area contributed by atoms with Crippen LogP contribution < -0.4 is 5.43 Å². The summed E-state index contributed by atoms with van der Waals surface area (Å²) in [6.45, 7) is 1.81. The molecule has 0 aliphatic heterocycles. The maximum atomic E-state index is 12.8. The van der Waals surface area contributed by atoms with Crippen molar-refractivity contribution in [3.63, 3.8) is 0 Å². The summed E-state index contributed by atoms with van der Waals surface area (Å²) in [6.07, 6.45) is 4.25. The van der Waals surface area contributed by atoms with Crippen molar-refractivity contribution in [2.75, 3.05) is 0 Å². The molecule has 0 amide bonds. The zero-order chi connectivity index (χ0) is 24.9. The van der Waals surface area contributed by atoms with Crippen LogP contribution in [-0.2, 0) is 6.42 Å². The number of hydrogen-bond acceptors (Lipinski definition) is 2. The largest absolute Gasteiger partial charge is 0.461 e. The van der Waals surface area contributed by atoms with Crippen LogP contribution in [0.2, 0.25) is 0 Å². The van der Waals surface area contributed by atoms with Crippen LogP contribution in [0, 0.1) is 6.92 Å². The van der Waals surface area contributed by atoms with E-state index in [1.165, 1.54) is 38.9 Å². The van der Waals surface area contributed by atoms with Gasteiger partial charge in [0.1, 0.15) is 11.3 Å². The van der Waals surface area contributed by atoms with E-state index >= 15 is 0 Å². The molecule has 0 fully saturated rings. The lowest BCUT2D eigenvalue weighted by Crippen LogP contribution is -2.06. The van der Waals surface area contributed by atoms with Crippen LogP contribution in [0.15, 0.2) is 112 Å². The highest BCUT2D eigenvalue weighted by Crippen LogP contribution is 2.40. The fourth-order valence-electron chi connectivity index (χ4n) is 5.66. The smallest absolute Gasteiger partial charge is 0.193 e. The number of rotatable bonds is 3. The number of hydrogen-bond donors (Lipinski definition) is 0. The molecule has 7 rings (SSSR count). The Kier molecular flexibility index (Phi) is 4.97. The summed E-state index contributed by atoms with van der Waals surface area (Å²) in [7, 11) is 0. The molecule has 0 saturated carbocycles. The SMILES string of the molecule is Cc1cc(=O)c2cc(-n3c4c(c5cc(-c6ccccc6)ccc53)C=C(c3ccccc3)CC4)ccc2o1. The zero-order valence-electron chi connectivity index (χ0n) is 20.6. The highest BCUT2D eigenvalue weighted by Gasteiger charge is 2.22. The van der Waals surface area contributed by atoms with Crippen LogP contribution in [0.1, 0.15) is 29.0 Å². The summed E-state index contributed by atoms with van der Waals surface area (Å²) in [6, 6.07) is 35.4. The first-order valence-corrected chi connectivity index (χ1v) is 12.7. The number of aryl methyl sites for hydroxylation is 1. The molecule has 1 aliphatic rings. The maximum Gasteiger partial charge on any atom is 0.193 e. The van der Waals surface area contributed by atoms with Gasteiger partial charge in [-0.3, -0.25) is 4.79 Å². The Morgan fingerprint density at radius 2 is 1.46 bits per heavy atom. The summed E-state index contributed by atoms with van der Waals surface area (Å²) in [4.78, 5) is 12.8. The van der Waals surface area contributed by atoms with E-state index in [1.807, 2.05) is 25.1 Å². The molecule has 0 bridgehead atoms. The van der Waals surface area contributed by atoms with Gasteiger partial charge in [-0.2, -0.15) is 0 Å². The third kappa shape index (κ3) is 3.63. The van der Waals surface area contributed by atoms with Gasteiger partial charge < -0.3 is 8.98 Å². The molecule has 0 atom stereocenters. The third-order valence-electron chi connectivity index (χ3n) is 7.40. The Labute approximate surface area is 214 Å². The van der Waals surface area contributed by atoms with Gasteiger partial charge in [0.2, 0.25) is 0 Å². The van der Waals surface area contributed by atoms with Crippen molar-refractivity contribution in [2.24, 2.45) is 0 Å². The van der Waals surface area contributed by atoms with Crippen molar-refractivity contribution in [1.82, 2.24) is 4.57 Å². The molecule has 0 unspecified atom stereocenters. The van der Waals surface area contributed by atoms with E-state index < -0.39 is 0 Å². The minimum atomic E-state index is -0.0106. The minimum Gasteiger partial charge on any atom is -0.461 e. The van der Waals surface area contributed by atoms with Crippen LogP contribution in [-0.4, -0.2) is 4.57 Å². The predicted octanol–water partition coefficient (Wildman–Crippen LogP) is 8.20. The number of benzene rings is 4. The van der Waals surface area contributed by atoms with E-state index in [1.54, 1.807) is 6.07 Å². The molecular weight excluding hydrogens is 454 g/mol. The predicted molar refractivity (Wildman–Crippen MR) is 152 cm³/mol. The molecule has 0 radical (unpaired) electrons. The lowest BCUT2D eigenvalue weighted by Gasteiger charge is -2.18. The van der Waals surface area contributed by atoms with E-state index in [9.17, 15) is 4.79 Å². The van der Waals surface area contributed by atoms with E-state index in [0.29, 0.717) is 16.7 Å². The molecule has 178 valence electrons. The van der Waals surface area contributed by atoms with Gasteiger partial charge in [0.05, 0.1) is 10.9 Å². The number of allylic oxidation sites excluding steroid dienone is 1. The van der Waals surface area contributed by atoms with E-state index in [2.05, 4.69) is 89.5 Å². The second kappa shape index (κ2) is 8.49. The van der Waals surface area contributed by atoms with Crippen molar-refractivity contribution in [3.8, 4) is 16.8 Å². The normalized spacial score (nSPS) is 13.1. The average Bonchev–Trinajstić information content (AvgIpc) is 3.27. The summed E-state index contributed by atoms with van der Waals surface area (Å²) < 4.78 is 8.15. The molecule has 2 heterocycles. The second-order valence-corrected chi connectivity index (χ2v) is 9.73. The van der Waals surface area contributed by atoms with Gasteiger partial charge >= 0.3 is 0 Å². The lowest BCUT2D eigenvalue weighted by atomic mass is 9.91. The standard InChI is InChI=1S/C34H25NO2/c1-22-18-33(36)30-21-27(14-17-34(30)37-22)35-31-15-12-25(23-8-4-2-5-9-23)19-28(31)29-20-26(13-16-32(29)35)24-10-6-3-7-11-24/h2-12,14-15,17-21H,13,16H2,1H3. The van der Waals surface area contributed by atoms with Crippen molar-refractivity contribution in [3.05, 3.63) is 136 Å². The van der Waals surface area contributed by atoms with Gasteiger partial charge in [0, 0.05) is 28.4 Å². The molecule has 6 aromatic rings. The van der Waals surface area contributed by atoms with Gasteiger partial charge in [0.15, 0.2) is 5.43 Å². The third-order valence-corrected chi connectivity index (χ3v) is 7.40. The minimum absolute atomic E-state index is 0.0106. The first-order chi connectivity index (χ1) is 18.2. The van der Waals surface area contributed by atoms with E-state index in [0.717, 1.165) is 24.0 Å². The molecule has 4 aromatic carbocycles. The van der Waals surface area contributed by atoms with Gasteiger partial charge in [-0.05, 0) is 78.4 Å². The van der Waals surface area contributed by atoms with Crippen molar-refractivity contribution < 1.29 is 4.42 Å². The molecule has 3 heteroatoms. The molecule has 2 aromatic heterocycles. The van der Waals surface area contributed by atoms with Crippen LogP contribution in [0.3, 0.4) is 0 Å². The Hall–Kier alpha value is -4.63. The quantitative estimate of drug-likeness (QED) is 0.256. The Morgan fingerprint density at radius 1 is 0.703 bits per heavy atom. The zero-order valence-corrected chi connectivity index (χ0v) is 20.6. The Bertz CT molecular complexity index is 1890. The van der Waals surface area contributed by atoms with Crippen LogP contribution >= 0.6 is 0 Å². The summed E-state index contributed by atoms with van der Waals surface area (Å²) in [5, 5.41) is 1.83. The van der Waals surface area contributed by atoms with Crippen LogP contribution in [0.25, 0.3) is 50.3 Å². The molecule has 0 saturated heterocycles. The fourth-order valence-corrected chi connectivity index (χ4v) is 5.66. The number of nitrogens with zero attached hydrogens (tertiary/aromatic N) is 1. The monoisotopic (exact) mass is 479 g/mol. The number of fused-ring (bicyclic) bond motifs is 4. The molecule has 0 spiro atoms. The summed E-state index contributed by atoms with van der Waals surface area (Å²) >= 11 is 0. The van der Waals surface area contributed by atoms with Crippen LogP contribution in [0.4, 0.5) is 0 Å². The van der Waals surface area contributed by atoms with E-state index in [4.69, 9.17) is 4.42 Å². The lowest BCUT2D eigenvalue weighted by molar-refractivity contribution is 0.564. The fraction of sp³-hybridized carbons (Fsp3) is 0.0882. The molecule has 3 nitrogen and oxygen atoms in total. The van der Waals surface area contributed by atoms with Gasteiger partial charge in [0.25, 0.3) is 0 Å². The first-order valence-electron chi connectivity index (χ1n) is 12.7. The second-order valence-electron chi connectivity index (χ2n) is 9.73. The van der Waals surface area contributed by atoms with Gasteiger partial charge in [-0.1, -0.05) is 66.7 Å². The average molecular weight is 480 g/mol.